The van der Waals surface area contributed by atoms with Gasteiger partial charge >= 0.3 is 6.61 Å². The zero-order chi connectivity index (χ0) is 15.4. The fourth-order valence-electron chi connectivity index (χ4n) is 1.91. The SMILES string of the molecule is CCOc1cc(C(O)c2ccn(C)n2)ccc1OC(F)F. The van der Waals surface area contributed by atoms with Gasteiger partial charge in [0.25, 0.3) is 0 Å². The van der Waals surface area contributed by atoms with Crippen molar-refractivity contribution in [1.29, 1.82) is 0 Å². The Hall–Kier alpha value is -2.15. The first-order chi connectivity index (χ1) is 10.0. The number of ether oxygens (including phenoxy) is 2. The maximum atomic E-state index is 12.3. The Balaban J connectivity index is 2.30. The van der Waals surface area contributed by atoms with Crippen LogP contribution in [0.1, 0.15) is 24.3 Å². The van der Waals surface area contributed by atoms with Gasteiger partial charge < -0.3 is 14.6 Å². The summed E-state index contributed by atoms with van der Waals surface area (Å²) >= 11 is 0. The van der Waals surface area contributed by atoms with Crippen molar-refractivity contribution in [2.45, 2.75) is 19.6 Å². The van der Waals surface area contributed by atoms with E-state index in [1.54, 1.807) is 30.9 Å². The maximum Gasteiger partial charge on any atom is 0.387 e. The van der Waals surface area contributed by atoms with E-state index in [1.807, 2.05) is 0 Å². The zero-order valence-electron chi connectivity index (χ0n) is 11.7. The van der Waals surface area contributed by atoms with Crippen molar-refractivity contribution in [2.24, 2.45) is 7.05 Å². The molecule has 0 spiro atoms. The van der Waals surface area contributed by atoms with Crippen molar-refractivity contribution in [3.8, 4) is 11.5 Å². The van der Waals surface area contributed by atoms with Crippen LogP contribution in [0.4, 0.5) is 8.78 Å². The highest BCUT2D eigenvalue weighted by molar-refractivity contribution is 5.44. The third-order valence-electron chi connectivity index (χ3n) is 2.81. The second-order valence-corrected chi connectivity index (χ2v) is 4.33. The molecular formula is C14H16F2N2O3. The molecule has 0 amide bonds. The normalized spacial score (nSPS) is 12.5. The molecule has 0 saturated heterocycles. The Morgan fingerprint density at radius 2 is 2.05 bits per heavy atom. The predicted octanol–water partition coefficient (Wildman–Crippen LogP) is 2.50. The number of rotatable bonds is 6. The smallest absolute Gasteiger partial charge is 0.387 e. The summed E-state index contributed by atoms with van der Waals surface area (Å²) in [4.78, 5) is 0. The third-order valence-corrected chi connectivity index (χ3v) is 2.81. The van der Waals surface area contributed by atoms with Crippen LogP contribution in [-0.2, 0) is 7.05 Å². The quantitative estimate of drug-likeness (QED) is 0.890. The molecule has 1 N–H and O–H groups in total. The Labute approximate surface area is 120 Å². The summed E-state index contributed by atoms with van der Waals surface area (Å²) in [6.07, 6.45) is 0.738. The van der Waals surface area contributed by atoms with Crippen LogP contribution >= 0.6 is 0 Å². The molecule has 114 valence electrons. The van der Waals surface area contributed by atoms with Crippen LogP contribution in [0.3, 0.4) is 0 Å². The molecule has 0 fully saturated rings. The van der Waals surface area contributed by atoms with E-state index in [0.717, 1.165) is 0 Å². The number of alkyl halides is 2. The monoisotopic (exact) mass is 298 g/mol. The summed E-state index contributed by atoms with van der Waals surface area (Å²) in [6, 6.07) is 5.99. The number of hydrogen-bond acceptors (Lipinski definition) is 4. The van der Waals surface area contributed by atoms with E-state index in [0.29, 0.717) is 17.9 Å². The number of aliphatic hydroxyl groups is 1. The Kier molecular flexibility index (Phi) is 4.74. The first-order valence-electron chi connectivity index (χ1n) is 6.40. The van der Waals surface area contributed by atoms with Crippen molar-refractivity contribution in [3.05, 3.63) is 41.7 Å². The van der Waals surface area contributed by atoms with E-state index in [9.17, 15) is 13.9 Å². The molecule has 2 rings (SSSR count). The van der Waals surface area contributed by atoms with Gasteiger partial charge in [0.1, 0.15) is 6.10 Å². The molecule has 0 saturated carbocycles. The van der Waals surface area contributed by atoms with Crippen LogP contribution in [0.2, 0.25) is 0 Å². The third kappa shape index (κ3) is 3.69. The lowest BCUT2D eigenvalue weighted by atomic mass is 10.1. The lowest BCUT2D eigenvalue weighted by Gasteiger charge is -2.14. The lowest BCUT2D eigenvalue weighted by molar-refractivity contribution is -0.0514. The van der Waals surface area contributed by atoms with E-state index < -0.39 is 12.7 Å². The molecule has 1 heterocycles. The Bertz CT molecular complexity index is 602. The molecule has 0 bridgehead atoms. The van der Waals surface area contributed by atoms with Gasteiger partial charge in [-0.05, 0) is 30.7 Å². The fraction of sp³-hybridized carbons (Fsp3) is 0.357. The summed E-state index contributed by atoms with van der Waals surface area (Å²) in [5.41, 5.74) is 0.946. The average molecular weight is 298 g/mol. The predicted molar refractivity (Wildman–Crippen MR) is 71.5 cm³/mol. The van der Waals surface area contributed by atoms with Gasteiger partial charge in [0.15, 0.2) is 11.5 Å². The molecule has 2 aromatic rings. The van der Waals surface area contributed by atoms with E-state index in [2.05, 4.69) is 9.84 Å². The van der Waals surface area contributed by atoms with Crippen molar-refractivity contribution in [2.75, 3.05) is 6.61 Å². The van der Waals surface area contributed by atoms with Crippen LogP contribution in [0, 0.1) is 0 Å². The standard InChI is InChI=1S/C14H16F2N2O3/c1-3-20-12-8-9(4-5-11(12)21-14(15)16)13(19)10-6-7-18(2)17-10/h4-8,13-14,19H,3H2,1-2H3. The second-order valence-electron chi connectivity index (χ2n) is 4.33. The number of benzene rings is 1. The number of aromatic nitrogens is 2. The van der Waals surface area contributed by atoms with Crippen LogP contribution in [0.15, 0.2) is 30.5 Å². The van der Waals surface area contributed by atoms with Gasteiger partial charge in [0.05, 0.1) is 12.3 Å². The number of aliphatic hydroxyl groups excluding tert-OH is 1. The Morgan fingerprint density at radius 1 is 1.29 bits per heavy atom. The molecule has 7 heteroatoms. The highest BCUT2D eigenvalue weighted by Crippen LogP contribution is 2.33. The first-order valence-corrected chi connectivity index (χ1v) is 6.40. The molecule has 1 atom stereocenters. The van der Waals surface area contributed by atoms with Gasteiger partial charge in [-0.15, -0.1) is 0 Å². The van der Waals surface area contributed by atoms with Crippen molar-refractivity contribution in [1.82, 2.24) is 9.78 Å². The molecule has 1 aromatic heterocycles. The van der Waals surface area contributed by atoms with Gasteiger partial charge in [0, 0.05) is 13.2 Å². The highest BCUT2D eigenvalue weighted by Gasteiger charge is 2.17. The van der Waals surface area contributed by atoms with Gasteiger partial charge in [-0.3, -0.25) is 4.68 Å². The summed E-state index contributed by atoms with van der Waals surface area (Å²) in [6.45, 7) is -0.910. The number of nitrogens with zero attached hydrogens (tertiary/aromatic N) is 2. The van der Waals surface area contributed by atoms with Crippen LogP contribution in [0.5, 0.6) is 11.5 Å². The molecule has 0 aliphatic rings. The topological polar surface area (TPSA) is 56.5 Å². The van der Waals surface area contributed by atoms with Crippen molar-refractivity contribution >= 4 is 0 Å². The van der Waals surface area contributed by atoms with Crippen LogP contribution in [0.25, 0.3) is 0 Å². The van der Waals surface area contributed by atoms with Crippen molar-refractivity contribution in [3.63, 3.8) is 0 Å². The van der Waals surface area contributed by atoms with Gasteiger partial charge in [0.2, 0.25) is 0 Å². The molecule has 1 unspecified atom stereocenters. The Morgan fingerprint density at radius 3 is 2.62 bits per heavy atom. The fourth-order valence-corrected chi connectivity index (χ4v) is 1.91. The van der Waals surface area contributed by atoms with E-state index in [4.69, 9.17) is 4.74 Å². The van der Waals surface area contributed by atoms with Gasteiger partial charge in [-0.25, -0.2) is 0 Å². The minimum absolute atomic E-state index is 0.0659. The van der Waals surface area contributed by atoms with Crippen LogP contribution in [-0.4, -0.2) is 28.1 Å². The molecule has 0 aliphatic heterocycles. The van der Waals surface area contributed by atoms with E-state index in [1.165, 1.54) is 18.2 Å². The molecule has 21 heavy (non-hydrogen) atoms. The number of hydrogen-bond donors (Lipinski definition) is 1. The lowest BCUT2D eigenvalue weighted by Crippen LogP contribution is -2.07. The summed E-state index contributed by atoms with van der Waals surface area (Å²) < 4.78 is 35.9. The minimum atomic E-state index is -2.93. The summed E-state index contributed by atoms with van der Waals surface area (Å²) in [5.74, 6) is 0.0918. The van der Waals surface area contributed by atoms with Crippen LogP contribution < -0.4 is 9.47 Å². The van der Waals surface area contributed by atoms with Gasteiger partial charge in [-0.2, -0.15) is 13.9 Å². The maximum absolute atomic E-state index is 12.3. The first kappa shape index (κ1) is 15.2. The second kappa shape index (κ2) is 6.53. The van der Waals surface area contributed by atoms with Crippen molar-refractivity contribution < 1.29 is 23.4 Å². The summed E-state index contributed by atoms with van der Waals surface area (Å²) in [7, 11) is 1.74. The number of aryl methyl sites for hydroxylation is 1. The molecule has 0 radical (unpaired) electrons. The summed E-state index contributed by atoms with van der Waals surface area (Å²) in [5, 5.41) is 14.4. The molecule has 0 aliphatic carbocycles. The highest BCUT2D eigenvalue weighted by atomic mass is 19.3. The van der Waals surface area contributed by atoms with Gasteiger partial charge in [-0.1, -0.05) is 6.07 Å². The molecular weight excluding hydrogens is 282 g/mol. The zero-order valence-corrected chi connectivity index (χ0v) is 11.7. The molecule has 1 aromatic carbocycles. The largest absolute Gasteiger partial charge is 0.490 e. The van der Waals surface area contributed by atoms with E-state index >= 15 is 0 Å². The van der Waals surface area contributed by atoms with E-state index in [-0.39, 0.29) is 11.5 Å². The minimum Gasteiger partial charge on any atom is -0.490 e. The average Bonchev–Trinajstić information content (AvgIpc) is 2.86. The number of halogens is 2. The molecule has 5 nitrogen and oxygen atoms in total.